The molecule has 0 unspecified atom stereocenters. The highest BCUT2D eigenvalue weighted by Crippen LogP contribution is 2.51. The van der Waals surface area contributed by atoms with Gasteiger partial charge in [0.25, 0.3) is 0 Å². The monoisotopic (exact) mass is 394 g/mol. The van der Waals surface area contributed by atoms with Crippen molar-refractivity contribution >= 4 is 29.3 Å². The van der Waals surface area contributed by atoms with Crippen LogP contribution in [-0.2, 0) is 0 Å². The smallest absolute Gasteiger partial charge is 0.428 e. The van der Waals surface area contributed by atoms with E-state index in [4.69, 9.17) is 5.10 Å². The van der Waals surface area contributed by atoms with Crippen molar-refractivity contribution < 1.29 is 10.1 Å². The first-order chi connectivity index (χ1) is 13.8. The van der Waals surface area contributed by atoms with Crippen molar-refractivity contribution in [3.05, 3.63) is 24.0 Å². The average Bonchev–Trinajstić information content (AvgIpc) is 3.10. The summed E-state index contributed by atoms with van der Waals surface area (Å²) in [6.45, 7) is 8.64. The molecule has 2 saturated carbocycles. The number of aromatic nitrogens is 2. The molecule has 2 fully saturated rings. The van der Waals surface area contributed by atoms with Crippen LogP contribution in [0.25, 0.3) is 11.0 Å². The second-order valence-electron chi connectivity index (χ2n) is 10.1. The first-order valence-corrected chi connectivity index (χ1v) is 11.0. The minimum atomic E-state index is -0.790. The molecule has 0 saturated heterocycles. The number of aliphatic hydroxyl groups is 1. The van der Waals surface area contributed by atoms with Crippen LogP contribution in [0, 0.1) is 23.7 Å². The Labute approximate surface area is 172 Å². The Morgan fingerprint density at radius 1 is 1.28 bits per heavy atom. The van der Waals surface area contributed by atoms with Gasteiger partial charge < -0.3 is 20.0 Å². The van der Waals surface area contributed by atoms with Crippen molar-refractivity contribution in [3.63, 3.8) is 0 Å². The molecule has 0 spiro atoms. The summed E-state index contributed by atoms with van der Waals surface area (Å²) < 4.78 is 0. The third-order valence-corrected chi connectivity index (χ3v) is 7.37. The van der Waals surface area contributed by atoms with E-state index in [1.54, 1.807) is 6.20 Å². The highest BCUT2D eigenvalue weighted by Gasteiger charge is 2.51. The van der Waals surface area contributed by atoms with Gasteiger partial charge in [-0.15, -0.1) is 0 Å². The van der Waals surface area contributed by atoms with Gasteiger partial charge in [0.15, 0.2) is 0 Å². The van der Waals surface area contributed by atoms with Crippen LogP contribution in [0.4, 0.5) is 0 Å². The molecule has 3 aliphatic rings. The third kappa shape index (κ3) is 2.93. The van der Waals surface area contributed by atoms with Gasteiger partial charge in [-0.05, 0) is 63.4 Å². The standard InChI is InChI=1S/C22H31BN4O2/c1-12(2)27-23(29)17-11-25-21-16(5-6-24-21)19(17)20(26-27)18-14(4)9-22(28)8-13(3)7-15(18)10-22/h5-6,11-15,18,28-29H,7-10H2,1-4H3,(H,24,25)/t13-,14-,15+,18+,22-/m1/s1. The Morgan fingerprint density at radius 3 is 2.83 bits per heavy atom. The molecular weight excluding hydrogens is 363 g/mol. The van der Waals surface area contributed by atoms with Crippen LogP contribution in [0.3, 0.4) is 0 Å². The predicted molar refractivity (Wildman–Crippen MR) is 116 cm³/mol. The molecule has 0 aromatic carbocycles. The van der Waals surface area contributed by atoms with Gasteiger partial charge in [0.05, 0.1) is 11.3 Å². The molecule has 5 rings (SSSR count). The SMILES string of the molecule is CC(C)N1N=C([C@@H]2[C@H]3C[C@@H](C)C[C@](O)(C3)C[C@H]2C)c2c(cnc3[nH]ccc23)B1O. The largest absolute Gasteiger partial charge is 0.468 e. The number of nitrogens with one attached hydrogen (secondary N) is 1. The highest BCUT2D eigenvalue weighted by atomic mass is 16.3. The molecule has 29 heavy (non-hydrogen) atoms. The fourth-order valence-corrected chi connectivity index (χ4v) is 6.54. The molecule has 0 amide bonds. The molecule has 3 heterocycles. The number of nitrogens with zero attached hydrogens (tertiary/aromatic N) is 3. The van der Waals surface area contributed by atoms with E-state index in [9.17, 15) is 10.1 Å². The minimum absolute atomic E-state index is 0.0798. The molecule has 2 bridgehead atoms. The van der Waals surface area contributed by atoms with Gasteiger partial charge in [-0.3, -0.25) is 0 Å². The number of pyridine rings is 1. The van der Waals surface area contributed by atoms with Crippen LogP contribution in [0.2, 0.25) is 0 Å². The van der Waals surface area contributed by atoms with E-state index < -0.39 is 12.7 Å². The summed E-state index contributed by atoms with van der Waals surface area (Å²) in [6.07, 6.45) is 7.41. The molecule has 154 valence electrons. The summed E-state index contributed by atoms with van der Waals surface area (Å²) in [5.74, 6) is 1.54. The molecular formula is C22H31BN4O2. The zero-order valence-electron chi connectivity index (χ0n) is 17.8. The van der Waals surface area contributed by atoms with Gasteiger partial charge in [-0.1, -0.05) is 13.8 Å². The van der Waals surface area contributed by atoms with E-state index in [1.165, 1.54) is 0 Å². The number of H-pyrrole nitrogens is 1. The number of hydrogen-bond donors (Lipinski definition) is 3. The predicted octanol–water partition coefficient (Wildman–Crippen LogP) is 2.50. The van der Waals surface area contributed by atoms with E-state index in [2.05, 4.69) is 37.7 Å². The Bertz CT molecular complexity index is 969. The molecule has 5 atom stereocenters. The molecule has 6 nitrogen and oxygen atoms in total. The first kappa shape index (κ1) is 19.1. The summed E-state index contributed by atoms with van der Waals surface area (Å²) in [6, 6.07) is 2.12. The molecule has 7 heteroatoms. The highest BCUT2D eigenvalue weighted by molar-refractivity contribution is 6.66. The normalized spacial score (nSPS) is 34.5. The zero-order chi connectivity index (χ0) is 20.5. The van der Waals surface area contributed by atoms with Gasteiger partial charge in [0.2, 0.25) is 0 Å². The van der Waals surface area contributed by atoms with Crippen LogP contribution in [-0.4, -0.2) is 49.4 Å². The van der Waals surface area contributed by atoms with Crippen molar-refractivity contribution in [2.45, 2.75) is 65.0 Å². The maximum Gasteiger partial charge on any atom is 0.468 e. The van der Waals surface area contributed by atoms with Crippen LogP contribution < -0.4 is 5.46 Å². The fourth-order valence-electron chi connectivity index (χ4n) is 6.54. The van der Waals surface area contributed by atoms with E-state index in [-0.39, 0.29) is 12.0 Å². The lowest BCUT2D eigenvalue weighted by atomic mass is 9.55. The maximum absolute atomic E-state index is 11.2. The van der Waals surface area contributed by atoms with Gasteiger partial charge in [0, 0.05) is 40.8 Å². The number of fused-ring (bicyclic) bond motifs is 5. The van der Waals surface area contributed by atoms with Crippen LogP contribution >= 0.6 is 0 Å². The maximum atomic E-state index is 11.2. The molecule has 2 aromatic rings. The lowest BCUT2D eigenvalue weighted by Crippen LogP contribution is -2.57. The zero-order valence-corrected chi connectivity index (χ0v) is 17.8. The van der Waals surface area contributed by atoms with Crippen molar-refractivity contribution in [2.24, 2.45) is 28.8 Å². The summed E-state index contributed by atoms with van der Waals surface area (Å²) in [4.78, 5) is 9.57. The van der Waals surface area contributed by atoms with Gasteiger partial charge >= 0.3 is 7.05 Å². The summed E-state index contributed by atoms with van der Waals surface area (Å²) in [5.41, 5.74) is 3.25. The second-order valence-corrected chi connectivity index (χ2v) is 10.1. The second kappa shape index (κ2) is 6.57. The Balaban J connectivity index is 1.68. The van der Waals surface area contributed by atoms with Crippen molar-refractivity contribution in [2.75, 3.05) is 0 Å². The van der Waals surface area contributed by atoms with Gasteiger partial charge in [-0.25, -0.2) is 4.98 Å². The van der Waals surface area contributed by atoms with E-state index in [1.807, 2.05) is 17.2 Å². The topological polar surface area (TPSA) is 84.7 Å². The molecule has 3 N–H and O–H groups in total. The summed E-state index contributed by atoms with van der Waals surface area (Å²) >= 11 is 0. The van der Waals surface area contributed by atoms with Crippen LogP contribution in [0.1, 0.15) is 58.9 Å². The Morgan fingerprint density at radius 2 is 2.07 bits per heavy atom. The molecule has 2 aromatic heterocycles. The average molecular weight is 394 g/mol. The van der Waals surface area contributed by atoms with Crippen molar-refractivity contribution in [3.8, 4) is 0 Å². The quantitative estimate of drug-likeness (QED) is 0.684. The fraction of sp³-hybridized carbons (Fsp3) is 0.636. The lowest BCUT2D eigenvalue weighted by Gasteiger charge is -2.52. The number of aromatic amines is 1. The summed E-state index contributed by atoms with van der Waals surface area (Å²) in [5, 5.41) is 28.3. The van der Waals surface area contributed by atoms with Crippen LogP contribution in [0.5, 0.6) is 0 Å². The van der Waals surface area contributed by atoms with Gasteiger partial charge in [-0.2, -0.15) is 5.10 Å². The van der Waals surface area contributed by atoms with Crippen molar-refractivity contribution in [1.29, 1.82) is 0 Å². The van der Waals surface area contributed by atoms with E-state index >= 15 is 0 Å². The Hall–Kier alpha value is -1.86. The molecule has 1 aliphatic heterocycles. The number of rotatable bonds is 2. The van der Waals surface area contributed by atoms with E-state index in [0.717, 1.165) is 53.5 Å². The van der Waals surface area contributed by atoms with Crippen LogP contribution in [0.15, 0.2) is 23.6 Å². The number of hydrazone groups is 1. The van der Waals surface area contributed by atoms with E-state index in [0.29, 0.717) is 17.8 Å². The van der Waals surface area contributed by atoms with Gasteiger partial charge in [0.1, 0.15) is 5.65 Å². The minimum Gasteiger partial charge on any atom is -0.428 e. The molecule has 0 radical (unpaired) electrons. The Kier molecular flexibility index (Phi) is 4.34. The first-order valence-electron chi connectivity index (χ1n) is 11.0. The van der Waals surface area contributed by atoms with Crippen molar-refractivity contribution in [1.82, 2.24) is 14.9 Å². The lowest BCUT2D eigenvalue weighted by molar-refractivity contribution is -0.0918. The third-order valence-electron chi connectivity index (χ3n) is 7.37. The molecule has 2 aliphatic carbocycles. The summed E-state index contributed by atoms with van der Waals surface area (Å²) in [7, 11) is -0.790. The number of hydrogen-bond acceptors (Lipinski definition) is 5.